The Morgan fingerprint density at radius 1 is 1.30 bits per heavy atom. The van der Waals surface area contributed by atoms with Crippen molar-refractivity contribution in [2.75, 3.05) is 0 Å². The number of hydrogen-bond acceptors (Lipinski definition) is 1. The molecule has 1 aromatic rings. The fraction of sp³-hybridized carbons (Fsp3) is 0.529. The van der Waals surface area contributed by atoms with Crippen molar-refractivity contribution in [3.63, 3.8) is 0 Å². The third-order valence-electron chi connectivity index (χ3n) is 3.05. The minimum absolute atomic E-state index is 0.216. The van der Waals surface area contributed by atoms with Crippen LogP contribution in [-0.2, 0) is 17.4 Å². The van der Waals surface area contributed by atoms with Crippen LogP contribution in [0.15, 0.2) is 42.5 Å². The number of benzene rings is 1. The van der Waals surface area contributed by atoms with Crippen LogP contribution in [0.5, 0.6) is 0 Å². The predicted octanol–water partition coefficient (Wildman–Crippen LogP) is 4.01. The molecular formula is C17H27NOS. The summed E-state index contributed by atoms with van der Waals surface area (Å²) in [5, 5.41) is 0. The Morgan fingerprint density at radius 3 is 2.40 bits per heavy atom. The molecule has 0 saturated heterocycles. The number of nitrogens with one attached hydrogen (secondary N) is 1. The molecule has 20 heavy (non-hydrogen) atoms. The van der Waals surface area contributed by atoms with Crippen molar-refractivity contribution in [3.05, 3.63) is 48.0 Å². The fourth-order valence-electron chi connectivity index (χ4n) is 1.94. The van der Waals surface area contributed by atoms with Crippen LogP contribution in [0, 0.1) is 0 Å². The summed E-state index contributed by atoms with van der Waals surface area (Å²) < 4.78 is 15.3. The molecule has 2 atom stereocenters. The zero-order valence-electron chi connectivity index (χ0n) is 13.1. The average Bonchev–Trinajstić information content (AvgIpc) is 2.35. The molecule has 1 unspecified atom stereocenters. The van der Waals surface area contributed by atoms with Crippen LogP contribution >= 0.6 is 0 Å². The van der Waals surface area contributed by atoms with Crippen LogP contribution in [0.1, 0.15) is 46.1 Å². The third-order valence-corrected chi connectivity index (χ3v) is 4.71. The van der Waals surface area contributed by atoms with Crippen molar-refractivity contribution >= 4 is 11.0 Å². The van der Waals surface area contributed by atoms with Crippen molar-refractivity contribution in [2.24, 2.45) is 0 Å². The highest BCUT2D eigenvalue weighted by molar-refractivity contribution is 7.84. The van der Waals surface area contributed by atoms with E-state index in [1.165, 1.54) is 5.56 Å². The molecule has 0 aliphatic rings. The monoisotopic (exact) mass is 293 g/mol. The van der Waals surface area contributed by atoms with Gasteiger partial charge in [0.05, 0.1) is 15.7 Å². The summed E-state index contributed by atoms with van der Waals surface area (Å²) in [5.41, 5.74) is 2.45. The Hall–Kier alpha value is -0.930. The maximum atomic E-state index is 12.2. The summed E-state index contributed by atoms with van der Waals surface area (Å²) in [7, 11) is -1.03. The van der Waals surface area contributed by atoms with Crippen molar-refractivity contribution in [1.82, 2.24) is 4.72 Å². The zero-order chi connectivity index (χ0) is 15.2. The van der Waals surface area contributed by atoms with Gasteiger partial charge in [0, 0.05) is 6.04 Å². The smallest absolute Gasteiger partial charge is 0.0972 e. The summed E-state index contributed by atoms with van der Waals surface area (Å²) in [6, 6.07) is 10.6. The van der Waals surface area contributed by atoms with Crippen molar-refractivity contribution in [1.29, 1.82) is 0 Å². The highest BCUT2D eigenvalue weighted by Gasteiger charge is 2.22. The van der Waals surface area contributed by atoms with Crippen molar-refractivity contribution < 1.29 is 4.21 Å². The molecule has 0 spiro atoms. The molecule has 0 aliphatic heterocycles. The van der Waals surface area contributed by atoms with Gasteiger partial charge in [0.25, 0.3) is 0 Å². The van der Waals surface area contributed by atoms with Gasteiger partial charge in [-0.3, -0.25) is 0 Å². The molecule has 0 saturated carbocycles. The quantitative estimate of drug-likeness (QED) is 0.756. The van der Waals surface area contributed by atoms with E-state index in [-0.39, 0.29) is 10.8 Å². The standard InChI is InChI=1S/C17H27NOS/c1-14(2)13-16(18-20(19)17(3,4)5)12-11-15-9-7-6-8-10-15/h6-10,16,18H,1,11-13H2,2-5H3/t16-,20?/m1/s1. The Bertz CT molecular complexity index is 448. The molecule has 3 heteroatoms. The average molecular weight is 293 g/mol. The van der Waals surface area contributed by atoms with Gasteiger partial charge in [-0.05, 0) is 52.5 Å². The Balaban J connectivity index is 2.60. The number of aryl methyl sites for hydroxylation is 1. The third kappa shape index (κ3) is 6.49. The van der Waals surface area contributed by atoms with Gasteiger partial charge in [0.1, 0.15) is 0 Å². The normalized spacial score (nSPS) is 14.8. The minimum Gasteiger partial charge on any atom is -0.242 e. The molecule has 1 N–H and O–H groups in total. The van der Waals surface area contributed by atoms with E-state index in [0.717, 1.165) is 24.8 Å². The second-order valence-electron chi connectivity index (χ2n) is 6.38. The molecule has 0 bridgehead atoms. The summed E-state index contributed by atoms with van der Waals surface area (Å²) in [6.45, 7) is 12.0. The van der Waals surface area contributed by atoms with Crippen molar-refractivity contribution in [3.8, 4) is 0 Å². The van der Waals surface area contributed by atoms with Crippen LogP contribution in [0.25, 0.3) is 0 Å². The van der Waals surface area contributed by atoms with E-state index in [0.29, 0.717) is 0 Å². The lowest BCUT2D eigenvalue weighted by atomic mass is 10.0. The predicted molar refractivity (Wildman–Crippen MR) is 89.0 cm³/mol. The molecule has 0 fully saturated rings. The van der Waals surface area contributed by atoms with Gasteiger partial charge in [-0.1, -0.05) is 35.9 Å². The first kappa shape index (κ1) is 17.1. The molecular weight excluding hydrogens is 266 g/mol. The topological polar surface area (TPSA) is 29.1 Å². The van der Waals surface area contributed by atoms with Crippen LogP contribution in [0.4, 0.5) is 0 Å². The molecule has 0 aliphatic carbocycles. The van der Waals surface area contributed by atoms with Crippen LogP contribution in [0.2, 0.25) is 0 Å². The Kier molecular flexibility index (Phi) is 6.63. The van der Waals surface area contributed by atoms with Gasteiger partial charge >= 0.3 is 0 Å². The van der Waals surface area contributed by atoms with E-state index < -0.39 is 11.0 Å². The first-order valence-corrected chi connectivity index (χ1v) is 8.30. The van der Waals surface area contributed by atoms with Gasteiger partial charge in [-0.2, -0.15) is 0 Å². The van der Waals surface area contributed by atoms with E-state index in [4.69, 9.17) is 0 Å². The Labute approximate surface area is 126 Å². The molecule has 0 amide bonds. The van der Waals surface area contributed by atoms with Gasteiger partial charge in [0.15, 0.2) is 0 Å². The van der Waals surface area contributed by atoms with Crippen LogP contribution in [0.3, 0.4) is 0 Å². The first-order chi connectivity index (χ1) is 9.29. The molecule has 1 rings (SSSR count). The maximum absolute atomic E-state index is 12.2. The largest absolute Gasteiger partial charge is 0.242 e. The van der Waals surface area contributed by atoms with Crippen LogP contribution in [-0.4, -0.2) is 15.0 Å². The Morgan fingerprint density at radius 2 is 1.90 bits per heavy atom. The lowest BCUT2D eigenvalue weighted by molar-refractivity contribution is 0.546. The highest BCUT2D eigenvalue weighted by atomic mass is 32.2. The van der Waals surface area contributed by atoms with E-state index in [2.05, 4.69) is 35.6 Å². The first-order valence-electron chi connectivity index (χ1n) is 7.15. The second kappa shape index (κ2) is 7.75. The zero-order valence-corrected chi connectivity index (χ0v) is 13.9. The van der Waals surface area contributed by atoms with E-state index in [9.17, 15) is 4.21 Å². The van der Waals surface area contributed by atoms with Crippen molar-refractivity contribution in [2.45, 2.75) is 57.7 Å². The van der Waals surface area contributed by atoms with E-state index in [1.807, 2.05) is 33.8 Å². The van der Waals surface area contributed by atoms with Gasteiger partial charge in [0.2, 0.25) is 0 Å². The summed E-state index contributed by atoms with van der Waals surface area (Å²) in [4.78, 5) is 0. The molecule has 112 valence electrons. The summed E-state index contributed by atoms with van der Waals surface area (Å²) in [6.07, 6.45) is 2.83. The lowest BCUT2D eigenvalue weighted by Crippen LogP contribution is -2.40. The SMILES string of the molecule is C=C(C)C[C@@H](CCc1ccccc1)NS(=O)C(C)(C)C. The molecule has 1 aromatic carbocycles. The molecule has 0 radical (unpaired) electrons. The second-order valence-corrected chi connectivity index (χ2v) is 8.38. The van der Waals surface area contributed by atoms with E-state index in [1.54, 1.807) is 0 Å². The van der Waals surface area contributed by atoms with E-state index >= 15 is 0 Å². The van der Waals surface area contributed by atoms with Gasteiger partial charge < -0.3 is 0 Å². The summed E-state index contributed by atoms with van der Waals surface area (Å²) >= 11 is 0. The highest BCUT2D eigenvalue weighted by Crippen LogP contribution is 2.15. The summed E-state index contributed by atoms with van der Waals surface area (Å²) in [5.74, 6) is 0. The number of rotatable bonds is 7. The minimum atomic E-state index is -1.03. The molecule has 2 nitrogen and oxygen atoms in total. The molecule has 0 aromatic heterocycles. The molecule has 0 heterocycles. The lowest BCUT2D eigenvalue weighted by Gasteiger charge is -2.24. The van der Waals surface area contributed by atoms with Gasteiger partial charge in [-0.15, -0.1) is 6.58 Å². The number of hydrogen-bond donors (Lipinski definition) is 1. The maximum Gasteiger partial charge on any atom is 0.0972 e. The fourth-order valence-corrected chi connectivity index (χ4v) is 2.79. The van der Waals surface area contributed by atoms with Crippen LogP contribution < -0.4 is 4.72 Å². The van der Waals surface area contributed by atoms with Gasteiger partial charge in [-0.25, -0.2) is 8.93 Å².